The van der Waals surface area contributed by atoms with Crippen molar-refractivity contribution in [3.63, 3.8) is 0 Å². The van der Waals surface area contributed by atoms with Crippen LogP contribution in [0.3, 0.4) is 0 Å². The van der Waals surface area contributed by atoms with Gasteiger partial charge in [0.15, 0.2) is 0 Å². The number of hydrogen-bond donors (Lipinski definition) is 2. The Morgan fingerprint density at radius 2 is 2.20 bits per heavy atom. The van der Waals surface area contributed by atoms with Crippen molar-refractivity contribution in [1.29, 1.82) is 0 Å². The van der Waals surface area contributed by atoms with Gasteiger partial charge in [-0.15, -0.1) is 0 Å². The van der Waals surface area contributed by atoms with Crippen LogP contribution in [0.5, 0.6) is 0 Å². The number of likely N-dealkylation sites (tertiary alicyclic amines) is 1. The highest BCUT2D eigenvalue weighted by molar-refractivity contribution is 5.79. The number of unbranched alkanes of at least 4 members (excludes halogenated alkanes) is 1. The van der Waals surface area contributed by atoms with Crippen LogP contribution in [0.25, 0.3) is 0 Å². The van der Waals surface area contributed by atoms with Crippen LogP contribution in [0.2, 0.25) is 0 Å². The molecule has 3 N–H and O–H groups in total. The second-order valence-corrected chi connectivity index (χ2v) is 4.73. The molecule has 0 radical (unpaired) electrons. The summed E-state index contributed by atoms with van der Waals surface area (Å²) in [6.45, 7) is 6.98. The van der Waals surface area contributed by atoms with E-state index in [1.54, 1.807) is 0 Å². The molecule has 0 bridgehead atoms. The van der Waals surface area contributed by atoms with Crippen molar-refractivity contribution in [2.24, 2.45) is 16.8 Å². The first-order valence-electron chi connectivity index (χ1n) is 5.84. The van der Waals surface area contributed by atoms with Crippen LogP contribution in [-0.2, 0) is 0 Å². The first-order valence-corrected chi connectivity index (χ1v) is 5.84. The van der Waals surface area contributed by atoms with E-state index in [1.165, 1.54) is 13.0 Å². The zero-order chi connectivity index (χ0) is 11.3. The highest BCUT2D eigenvalue weighted by Crippen LogP contribution is 2.22. The minimum Gasteiger partial charge on any atom is -0.409 e. The van der Waals surface area contributed by atoms with E-state index >= 15 is 0 Å². The molecular formula is C11H23N3O. The number of nitrogens with zero attached hydrogens (tertiary/aromatic N) is 2. The lowest BCUT2D eigenvalue weighted by Gasteiger charge is -2.20. The second-order valence-electron chi connectivity index (χ2n) is 4.73. The second kappa shape index (κ2) is 5.95. The predicted octanol–water partition coefficient (Wildman–Crippen LogP) is 1.63. The fraction of sp³-hybridized carbons (Fsp3) is 0.909. The van der Waals surface area contributed by atoms with E-state index in [9.17, 15) is 0 Å². The molecule has 1 aliphatic heterocycles. The average Bonchev–Trinajstić information content (AvgIpc) is 2.52. The largest absolute Gasteiger partial charge is 0.409 e. The molecular weight excluding hydrogens is 190 g/mol. The number of nitrogens with two attached hydrogens (primary N) is 1. The van der Waals surface area contributed by atoms with E-state index in [1.807, 2.05) is 0 Å². The van der Waals surface area contributed by atoms with E-state index in [0.29, 0.717) is 12.3 Å². The third-order valence-corrected chi connectivity index (χ3v) is 3.17. The lowest BCUT2D eigenvalue weighted by Crippen LogP contribution is -2.28. The van der Waals surface area contributed by atoms with Gasteiger partial charge in [0.2, 0.25) is 0 Å². The molecule has 1 rings (SSSR count). The van der Waals surface area contributed by atoms with Gasteiger partial charge in [-0.3, -0.25) is 0 Å². The van der Waals surface area contributed by atoms with Crippen LogP contribution < -0.4 is 5.73 Å². The lowest BCUT2D eigenvalue weighted by atomic mass is 10.1. The molecule has 0 amide bonds. The van der Waals surface area contributed by atoms with Crippen molar-refractivity contribution in [1.82, 2.24) is 4.90 Å². The van der Waals surface area contributed by atoms with Gasteiger partial charge in [0.1, 0.15) is 5.84 Å². The number of oxime groups is 1. The molecule has 0 saturated carbocycles. The summed E-state index contributed by atoms with van der Waals surface area (Å²) in [6.07, 6.45) is 4.16. The van der Waals surface area contributed by atoms with Gasteiger partial charge in [0, 0.05) is 19.0 Å². The van der Waals surface area contributed by atoms with Crippen LogP contribution in [0.1, 0.15) is 39.5 Å². The molecule has 1 saturated heterocycles. The zero-order valence-corrected chi connectivity index (χ0v) is 9.82. The van der Waals surface area contributed by atoms with E-state index in [-0.39, 0.29) is 0 Å². The zero-order valence-electron chi connectivity index (χ0n) is 9.82. The van der Waals surface area contributed by atoms with Gasteiger partial charge in [-0.05, 0) is 38.6 Å². The standard InChI is InChI=1S/C11H23N3O/c1-9-7-10(2)14(8-9)6-4-3-5-11(12)13-15/h9-10,15H,3-8H2,1-2H3,(H2,12,13). The fourth-order valence-corrected chi connectivity index (χ4v) is 2.37. The number of hydrogen-bond acceptors (Lipinski definition) is 3. The Kier molecular flexibility index (Phi) is 4.88. The third-order valence-electron chi connectivity index (χ3n) is 3.17. The highest BCUT2D eigenvalue weighted by Gasteiger charge is 2.24. The van der Waals surface area contributed by atoms with Crippen molar-refractivity contribution >= 4 is 5.84 Å². The summed E-state index contributed by atoms with van der Waals surface area (Å²) in [4.78, 5) is 2.54. The maximum absolute atomic E-state index is 8.37. The van der Waals surface area contributed by atoms with Crippen molar-refractivity contribution in [3.05, 3.63) is 0 Å². The summed E-state index contributed by atoms with van der Waals surface area (Å²) in [5, 5.41) is 11.3. The molecule has 15 heavy (non-hydrogen) atoms. The maximum Gasteiger partial charge on any atom is 0.139 e. The van der Waals surface area contributed by atoms with Gasteiger partial charge >= 0.3 is 0 Å². The Balaban J connectivity index is 2.10. The molecule has 2 atom stereocenters. The predicted molar refractivity (Wildman–Crippen MR) is 62.1 cm³/mol. The molecule has 4 heteroatoms. The lowest BCUT2D eigenvalue weighted by molar-refractivity contribution is 0.260. The van der Waals surface area contributed by atoms with Crippen molar-refractivity contribution in [3.8, 4) is 0 Å². The Morgan fingerprint density at radius 3 is 2.73 bits per heavy atom. The summed E-state index contributed by atoms with van der Waals surface area (Å²) < 4.78 is 0. The Morgan fingerprint density at radius 1 is 1.47 bits per heavy atom. The van der Waals surface area contributed by atoms with E-state index in [4.69, 9.17) is 10.9 Å². The molecule has 0 spiro atoms. The summed E-state index contributed by atoms with van der Waals surface area (Å²) in [7, 11) is 0. The van der Waals surface area contributed by atoms with Crippen LogP contribution in [-0.4, -0.2) is 35.1 Å². The molecule has 88 valence electrons. The first kappa shape index (κ1) is 12.3. The van der Waals surface area contributed by atoms with Crippen LogP contribution in [0.15, 0.2) is 5.16 Å². The topological polar surface area (TPSA) is 61.8 Å². The normalized spacial score (nSPS) is 28.5. The first-order chi connectivity index (χ1) is 7.13. The van der Waals surface area contributed by atoms with Gasteiger partial charge < -0.3 is 15.8 Å². The maximum atomic E-state index is 8.37. The number of rotatable bonds is 5. The quantitative estimate of drug-likeness (QED) is 0.240. The van der Waals surface area contributed by atoms with Crippen molar-refractivity contribution in [2.45, 2.75) is 45.6 Å². The van der Waals surface area contributed by atoms with Crippen LogP contribution in [0, 0.1) is 5.92 Å². The van der Waals surface area contributed by atoms with Crippen LogP contribution in [0.4, 0.5) is 0 Å². The summed E-state index contributed by atoms with van der Waals surface area (Å²) in [5.74, 6) is 1.18. The molecule has 0 aromatic rings. The van der Waals surface area contributed by atoms with Gasteiger partial charge in [0.05, 0.1) is 0 Å². The fourth-order valence-electron chi connectivity index (χ4n) is 2.37. The summed E-state index contributed by atoms with van der Waals surface area (Å²) in [6, 6.07) is 0.726. The molecule has 0 aromatic carbocycles. The van der Waals surface area contributed by atoms with Crippen LogP contribution >= 0.6 is 0 Å². The number of amidine groups is 1. The molecule has 0 aliphatic carbocycles. The molecule has 4 nitrogen and oxygen atoms in total. The Bertz CT molecular complexity index is 218. The third kappa shape index (κ3) is 4.08. The van der Waals surface area contributed by atoms with Gasteiger partial charge in [-0.2, -0.15) is 0 Å². The molecule has 1 fully saturated rings. The smallest absolute Gasteiger partial charge is 0.139 e. The Hall–Kier alpha value is -0.770. The summed E-state index contributed by atoms with van der Waals surface area (Å²) >= 11 is 0. The van der Waals surface area contributed by atoms with Crippen molar-refractivity contribution < 1.29 is 5.21 Å². The van der Waals surface area contributed by atoms with E-state index in [0.717, 1.165) is 31.3 Å². The minimum absolute atomic E-state index is 0.345. The van der Waals surface area contributed by atoms with Crippen molar-refractivity contribution in [2.75, 3.05) is 13.1 Å². The average molecular weight is 213 g/mol. The summed E-state index contributed by atoms with van der Waals surface area (Å²) in [5.41, 5.74) is 5.40. The van der Waals surface area contributed by atoms with Gasteiger partial charge in [0.25, 0.3) is 0 Å². The molecule has 1 heterocycles. The molecule has 0 aromatic heterocycles. The minimum atomic E-state index is 0.345. The van der Waals surface area contributed by atoms with Gasteiger partial charge in [-0.1, -0.05) is 12.1 Å². The molecule has 2 unspecified atom stereocenters. The molecule has 1 aliphatic rings. The monoisotopic (exact) mass is 213 g/mol. The van der Waals surface area contributed by atoms with E-state index < -0.39 is 0 Å². The Labute approximate surface area is 92.1 Å². The van der Waals surface area contributed by atoms with Gasteiger partial charge in [-0.25, -0.2) is 0 Å². The van der Waals surface area contributed by atoms with E-state index in [2.05, 4.69) is 23.9 Å². The highest BCUT2D eigenvalue weighted by atomic mass is 16.4. The SMILES string of the molecule is CC1CC(C)N(CCCCC(N)=NO)C1.